The summed E-state index contributed by atoms with van der Waals surface area (Å²) < 4.78 is 0. The lowest BCUT2D eigenvalue weighted by atomic mass is 10.1. The highest BCUT2D eigenvalue weighted by Crippen LogP contribution is 2.19. The monoisotopic (exact) mass is 331 g/mol. The summed E-state index contributed by atoms with van der Waals surface area (Å²) in [6, 6.07) is 8.31. The number of likely N-dealkylation sites (tertiary alicyclic amines) is 1. The number of anilines is 1. The van der Waals surface area contributed by atoms with E-state index in [-0.39, 0.29) is 17.7 Å². The van der Waals surface area contributed by atoms with E-state index in [0.717, 1.165) is 25.2 Å². The zero-order valence-electron chi connectivity index (χ0n) is 15.3. The van der Waals surface area contributed by atoms with E-state index in [2.05, 4.69) is 29.2 Å². The number of carbonyl (C=O) groups excluding carboxylic acids is 2. The van der Waals surface area contributed by atoms with Gasteiger partial charge in [0.1, 0.15) is 0 Å². The minimum absolute atomic E-state index is 0.147. The Morgan fingerprint density at radius 2 is 1.88 bits per heavy atom. The van der Waals surface area contributed by atoms with E-state index < -0.39 is 0 Å². The van der Waals surface area contributed by atoms with Gasteiger partial charge in [-0.1, -0.05) is 12.1 Å². The summed E-state index contributed by atoms with van der Waals surface area (Å²) in [5.41, 5.74) is 2.34. The molecule has 5 heteroatoms. The van der Waals surface area contributed by atoms with Crippen molar-refractivity contribution in [3.8, 4) is 0 Å². The van der Waals surface area contributed by atoms with Crippen molar-refractivity contribution >= 4 is 17.5 Å². The van der Waals surface area contributed by atoms with Crippen LogP contribution in [0.15, 0.2) is 24.3 Å². The second kappa shape index (κ2) is 8.18. The van der Waals surface area contributed by atoms with Gasteiger partial charge in [0.15, 0.2) is 0 Å². The predicted octanol–water partition coefficient (Wildman–Crippen LogP) is 2.01. The summed E-state index contributed by atoms with van der Waals surface area (Å²) >= 11 is 0. The Morgan fingerprint density at radius 1 is 1.21 bits per heavy atom. The molecule has 1 aromatic rings. The second-order valence-electron chi connectivity index (χ2n) is 6.84. The Kier molecular flexibility index (Phi) is 6.23. The van der Waals surface area contributed by atoms with Gasteiger partial charge in [-0.05, 0) is 31.0 Å². The molecule has 1 aliphatic rings. The molecule has 1 aliphatic heterocycles. The fourth-order valence-electron chi connectivity index (χ4n) is 3.17. The summed E-state index contributed by atoms with van der Waals surface area (Å²) in [6.07, 6.45) is 1.83. The lowest BCUT2D eigenvalue weighted by molar-refractivity contribution is -0.130. The lowest BCUT2D eigenvalue weighted by Gasteiger charge is -2.21. The third kappa shape index (κ3) is 4.73. The van der Waals surface area contributed by atoms with E-state index in [1.54, 1.807) is 4.90 Å². The molecule has 0 bridgehead atoms. The predicted molar refractivity (Wildman–Crippen MR) is 97.1 cm³/mol. The minimum atomic E-state index is 0.147. The summed E-state index contributed by atoms with van der Waals surface area (Å²) in [7, 11) is 5.87. The maximum absolute atomic E-state index is 12.3. The van der Waals surface area contributed by atoms with Gasteiger partial charge >= 0.3 is 0 Å². The summed E-state index contributed by atoms with van der Waals surface area (Å²) in [5.74, 6) is 0.629. The van der Waals surface area contributed by atoms with Gasteiger partial charge in [0.2, 0.25) is 11.8 Å². The largest absolute Gasteiger partial charge is 0.378 e. The van der Waals surface area contributed by atoms with Gasteiger partial charge in [0.05, 0.1) is 0 Å². The normalized spacial score (nSPS) is 17.2. The first-order valence-electron chi connectivity index (χ1n) is 8.68. The number of hydrogen-bond donors (Lipinski definition) is 0. The molecule has 5 nitrogen and oxygen atoms in total. The number of hydrogen-bond acceptors (Lipinski definition) is 3. The first-order valence-corrected chi connectivity index (χ1v) is 8.68. The highest BCUT2D eigenvalue weighted by atomic mass is 16.2. The third-order valence-electron chi connectivity index (χ3n) is 4.71. The van der Waals surface area contributed by atoms with Crippen LogP contribution < -0.4 is 4.90 Å². The van der Waals surface area contributed by atoms with Crippen LogP contribution in [0.25, 0.3) is 0 Å². The van der Waals surface area contributed by atoms with Crippen LogP contribution in [0.4, 0.5) is 5.69 Å². The molecule has 0 aliphatic carbocycles. The van der Waals surface area contributed by atoms with Crippen LogP contribution >= 0.6 is 0 Å². The van der Waals surface area contributed by atoms with Gasteiger partial charge < -0.3 is 14.7 Å². The van der Waals surface area contributed by atoms with Crippen LogP contribution in [0.1, 0.15) is 25.3 Å². The highest BCUT2D eigenvalue weighted by molar-refractivity contribution is 5.79. The average Bonchev–Trinajstić information content (AvgIpc) is 2.92. The van der Waals surface area contributed by atoms with Crippen LogP contribution in [0.3, 0.4) is 0 Å². The summed E-state index contributed by atoms with van der Waals surface area (Å²) in [6.45, 7) is 4.20. The molecule has 132 valence electrons. The molecule has 24 heavy (non-hydrogen) atoms. The Bertz CT molecular complexity index is 568. The molecule has 2 rings (SSSR count). The number of rotatable bonds is 7. The van der Waals surface area contributed by atoms with Crippen LogP contribution in [0, 0.1) is 5.92 Å². The zero-order chi connectivity index (χ0) is 17.7. The van der Waals surface area contributed by atoms with Gasteiger partial charge in [-0.2, -0.15) is 0 Å². The van der Waals surface area contributed by atoms with Gasteiger partial charge in [0.25, 0.3) is 0 Å². The number of aryl methyl sites for hydroxylation is 1. The molecule has 2 amide bonds. The Morgan fingerprint density at radius 3 is 2.42 bits per heavy atom. The molecule has 0 N–H and O–H groups in total. The molecule has 0 radical (unpaired) electrons. The fraction of sp³-hybridized carbons (Fsp3) is 0.579. The first kappa shape index (κ1) is 18.3. The zero-order valence-corrected chi connectivity index (χ0v) is 15.3. The quantitative estimate of drug-likeness (QED) is 0.768. The molecule has 1 aromatic carbocycles. The number of benzene rings is 1. The van der Waals surface area contributed by atoms with Gasteiger partial charge in [0, 0.05) is 65.2 Å². The molecular formula is C19H29N3O2. The standard InChI is InChI=1S/C19H29N3O2/c1-5-22-14-16(12-19(22)24)13-21(4)18(23)11-8-15-6-9-17(10-7-15)20(2)3/h6-7,9-10,16H,5,8,11-14H2,1-4H3/t16-/m0/s1. The molecule has 0 aromatic heterocycles. The molecule has 0 spiro atoms. The molecule has 1 heterocycles. The van der Waals surface area contributed by atoms with Gasteiger partial charge in [-0.15, -0.1) is 0 Å². The topological polar surface area (TPSA) is 43.9 Å². The SMILES string of the molecule is CCN1C[C@H](CN(C)C(=O)CCc2ccc(N(C)C)cc2)CC1=O. The Labute approximate surface area is 145 Å². The van der Waals surface area contributed by atoms with Gasteiger partial charge in [-0.3, -0.25) is 9.59 Å². The van der Waals surface area contributed by atoms with Crippen LogP contribution in [0.5, 0.6) is 0 Å². The molecule has 0 saturated carbocycles. The van der Waals surface area contributed by atoms with E-state index in [9.17, 15) is 9.59 Å². The smallest absolute Gasteiger partial charge is 0.222 e. The second-order valence-corrected chi connectivity index (χ2v) is 6.84. The van der Waals surface area contributed by atoms with E-state index >= 15 is 0 Å². The van der Waals surface area contributed by atoms with Crippen molar-refractivity contribution in [3.05, 3.63) is 29.8 Å². The van der Waals surface area contributed by atoms with Crippen molar-refractivity contribution in [2.45, 2.75) is 26.2 Å². The highest BCUT2D eigenvalue weighted by Gasteiger charge is 2.29. The van der Waals surface area contributed by atoms with E-state index in [4.69, 9.17) is 0 Å². The van der Waals surface area contributed by atoms with Crippen molar-refractivity contribution in [1.82, 2.24) is 9.80 Å². The average molecular weight is 331 g/mol. The van der Waals surface area contributed by atoms with E-state index in [1.165, 1.54) is 5.56 Å². The van der Waals surface area contributed by atoms with Gasteiger partial charge in [-0.25, -0.2) is 0 Å². The van der Waals surface area contributed by atoms with E-state index in [0.29, 0.717) is 19.4 Å². The fourth-order valence-corrected chi connectivity index (χ4v) is 3.17. The lowest BCUT2D eigenvalue weighted by Crippen LogP contribution is -2.33. The third-order valence-corrected chi connectivity index (χ3v) is 4.71. The van der Waals surface area contributed by atoms with E-state index in [1.807, 2.05) is 33.0 Å². The number of carbonyl (C=O) groups is 2. The molecule has 1 fully saturated rings. The summed E-state index contributed by atoms with van der Waals surface area (Å²) in [5, 5.41) is 0. The summed E-state index contributed by atoms with van der Waals surface area (Å²) in [4.78, 5) is 29.8. The van der Waals surface area contributed by atoms with Crippen LogP contribution in [-0.2, 0) is 16.0 Å². The number of nitrogens with zero attached hydrogens (tertiary/aromatic N) is 3. The molecule has 0 unspecified atom stereocenters. The molecular weight excluding hydrogens is 302 g/mol. The van der Waals surface area contributed by atoms with Crippen LogP contribution in [0.2, 0.25) is 0 Å². The van der Waals surface area contributed by atoms with Crippen molar-refractivity contribution < 1.29 is 9.59 Å². The molecule has 1 saturated heterocycles. The molecule has 1 atom stereocenters. The Hall–Kier alpha value is -2.04. The number of amides is 2. The van der Waals surface area contributed by atoms with Crippen molar-refractivity contribution in [3.63, 3.8) is 0 Å². The Balaban J connectivity index is 1.78. The van der Waals surface area contributed by atoms with Crippen molar-refractivity contribution in [1.29, 1.82) is 0 Å². The maximum Gasteiger partial charge on any atom is 0.222 e. The van der Waals surface area contributed by atoms with Crippen molar-refractivity contribution in [2.75, 3.05) is 45.7 Å². The van der Waals surface area contributed by atoms with Crippen molar-refractivity contribution in [2.24, 2.45) is 5.92 Å². The van der Waals surface area contributed by atoms with Crippen LogP contribution in [-0.4, -0.2) is 62.4 Å². The maximum atomic E-state index is 12.3. The minimum Gasteiger partial charge on any atom is -0.378 e. The first-order chi connectivity index (χ1) is 11.4.